The van der Waals surface area contributed by atoms with E-state index in [9.17, 15) is 19.2 Å². The summed E-state index contributed by atoms with van der Waals surface area (Å²) < 4.78 is 0. The predicted molar refractivity (Wildman–Crippen MR) is 175 cm³/mol. The quantitative estimate of drug-likeness (QED) is 0.181. The van der Waals surface area contributed by atoms with Gasteiger partial charge in [0.2, 0.25) is 23.7 Å². The van der Waals surface area contributed by atoms with Gasteiger partial charge in [-0.25, -0.2) is 4.98 Å². The number of nitrogens with one attached hydrogen (secondary N) is 4. The summed E-state index contributed by atoms with van der Waals surface area (Å²) in [6.45, 7) is 3.73. The molecule has 3 aromatic rings. The SMILES string of the molecule is CCCNc1nc(Nc2ccc(C(N)=O)cc2)ncc1C(=O)Nc1cccc(NC(=O)[C@@H]2CCCN2C(=O)/C=C/CN(C)C)c1. The van der Waals surface area contributed by atoms with E-state index in [0.717, 1.165) is 12.8 Å². The first-order valence-corrected chi connectivity index (χ1v) is 14.8. The molecule has 13 heteroatoms. The molecular weight excluding hydrogens is 574 g/mol. The lowest BCUT2D eigenvalue weighted by molar-refractivity contribution is -0.132. The maximum Gasteiger partial charge on any atom is 0.260 e. The van der Waals surface area contributed by atoms with Crippen molar-refractivity contribution < 1.29 is 19.2 Å². The second kappa shape index (κ2) is 15.4. The van der Waals surface area contributed by atoms with E-state index in [4.69, 9.17) is 5.73 Å². The van der Waals surface area contributed by atoms with Gasteiger partial charge in [-0.3, -0.25) is 19.2 Å². The third-order valence-electron chi connectivity index (χ3n) is 6.96. The molecule has 1 saturated heterocycles. The summed E-state index contributed by atoms with van der Waals surface area (Å²) in [5.74, 6) is -0.829. The van der Waals surface area contributed by atoms with Crippen LogP contribution in [0.2, 0.25) is 0 Å². The Morgan fingerprint density at radius 1 is 1.04 bits per heavy atom. The van der Waals surface area contributed by atoms with Gasteiger partial charge in [0.05, 0.1) is 0 Å². The molecule has 1 fully saturated rings. The fraction of sp³-hybridized carbons (Fsp3) is 0.312. The van der Waals surface area contributed by atoms with Crippen molar-refractivity contribution in [2.24, 2.45) is 5.73 Å². The average Bonchev–Trinajstić information content (AvgIpc) is 3.51. The largest absolute Gasteiger partial charge is 0.369 e. The number of hydrogen-bond donors (Lipinski definition) is 5. The molecule has 1 aromatic heterocycles. The average molecular weight is 614 g/mol. The van der Waals surface area contributed by atoms with Crippen LogP contribution in [0.4, 0.5) is 28.8 Å². The number of anilines is 5. The fourth-order valence-electron chi connectivity index (χ4n) is 4.70. The number of nitrogens with zero attached hydrogens (tertiary/aromatic N) is 4. The van der Waals surface area contributed by atoms with Gasteiger partial charge in [0, 0.05) is 54.5 Å². The Hall–Kier alpha value is -5.30. The number of likely N-dealkylation sites (tertiary alicyclic amines) is 1. The zero-order chi connectivity index (χ0) is 32.3. The zero-order valence-corrected chi connectivity index (χ0v) is 25.7. The first kappa shape index (κ1) is 32.6. The number of rotatable bonds is 13. The molecule has 1 atom stereocenters. The van der Waals surface area contributed by atoms with Crippen LogP contribution in [-0.2, 0) is 9.59 Å². The van der Waals surface area contributed by atoms with Gasteiger partial charge in [0.25, 0.3) is 5.91 Å². The lowest BCUT2D eigenvalue weighted by atomic mass is 10.2. The lowest BCUT2D eigenvalue weighted by Gasteiger charge is -2.23. The second-order valence-corrected chi connectivity index (χ2v) is 10.8. The minimum Gasteiger partial charge on any atom is -0.369 e. The minimum absolute atomic E-state index is 0.188. The zero-order valence-electron chi connectivity index (χ0n) is 25.7. The Morgan fingerprint density at radius 3 is 2.47 bits per heavy atom. The van der Waals surface area contributed by atoms with Gasteiger partial charge in [-0.05, 0) is 75.8 Å². The fourth-order valence-corrected chi connectivity index (χ4v) is 4.70. The lowest BCUT2D eigenvalue weighted by Crippen LogP contribution is -2.42. The number of nitrogens with two attached hydrogens (primary N) is 1. The standard InChI is InChI=1S/C32H39N9O4/c1-4-16-34-29-25(20-35-32(39-29)38-22-14-12-21(13-15-22)28(33)43)30(44)36-23-8-5-9-24(19-23)37-31(45)26-10-6-18-41(26)27(42)11-7-17-40(2)3/h5,7-9,11-15,19-20,26H,4,6,10,16-18H2,1-3H3,(H2,33,43)(H,36,44)(H,37,45)(H2,34,35,38,39)/b11-7+/t26-/m0/s1. The maximum absolute atomic E-state index is 13.3. The topological polar surface area (TPSA) is 175 Å². The molecule has 0 spiro atoms. The van der Waals surface area contributed by atoms with Gasteiger partial charge in [-0.15, -0.1) is 0 Å². The van der Waals surface area contributed by atoms with Crippen molar-refractivity contribution in [1.82, 2.24) is 19.8 Å². The molecule has 2 aromatic carbocycles. The summed E-state index contributed by atoms with van der Waals surface area (Å²) >= 11 is 0. The molecule has 2 heterocycles. The second-order valence-electron chi connectivity index (χ2n) is 10.8. The minimum atomic E-state index is -0.572. The Morgan fingerprint density at radius 2 is 1.78 bits per heavy atom. The highest BCUT2D eigenvalue weighted by Crippen LogP contribution is 2.23. The van der Waals surface area contributed by atoms with Gasteiger partial charge in [0.1, 0.15) is 17.4 Å². The van der Waals surface area contributed by atoms with Crippen LogP contribution in [0.5, 0.6) is 0 Å². The van der Waals surface area contributed by atoms with Crippen LogP contribution in [0.3, 0.4) is 0 Å². The van der Waals surface area contributed by atoms with Crippen LogP contribution >= 0.6 is 0 Å². The molecule has 45 heavy (non-hydrogen) atoms. The number of carbonyl (C=O) groups excluding carboxylic acids is 4. The van der Waals surface area contributed by atoms with E-state index in [1.807, 2.05) is 25.9 Å². The first-order valence-electron chi connectivity index (χ1n) is 14.8. The van der Waals surface area contributed by atoms with E-state index in [1.165, 1.54) is 12.3 Å². The number of hydrogen-bond acceptors (Lipinski definition) is 9. The number of benzene rings is 2. The molecule has 236 valence electrons. The molecule has 0 radical (unpaired) electrons. The van der Waals surface area contributed by atoms with E-state index in [0.29, 0.717) is 54.5 Å². The van der Waals surface area contributed by atoms with Crippen molar-refractivity contribution in [3.05, 3.63) is 78.0 Å². The third-order valence-corrected chi connectivity index (χ3v) is 6.96. The summed E-state index contributed by atoms with van der Waals surface area (Å²) in [4.78, 5) is 62.8. The summed E-state index contributed by atoms with van der Waals surface area (Å²) in [6.07, 6.45) is 6.84. The van der Waals surface area contributed by atoms with Crippen LogP contribution in [-0.4, -0.2) is 83.2 Å². The van der Waals surface area contributed by atoms with Crippen LogP contribution < -0.4 is 27.0 Å². The van der Waals surface area contributed by atoms with E-state index >= 15 is 0 Å². The van der Waals surface area contributed by atoms with Crippen molar-refractivity contribution in [3.63, 3.8) is 0 Å². The summed E-state index contributed by atoms with van der Waals surface area (Å²) in [5.41, 5.74) is 7.51. The van der Waals surface area contributed by atoms with E-state index in [-0.39, 0.29) is 23.3 Å². The van der Waals surface area contributed by atoms with Gasteiger partial charge in [-0.1, -0.05) is 19.1 Å². The Kier molecular flexibility index (Phi) is 11.2. The molecule has 0 saturated carbocycles. The molecule has 0 aliphatic carbocycles. The number of primary amides is 1. The van der Waals surface area contributed by atoms with Gasteiger partial charge >= 0.3 is 0 Å². The smallest absolute Gasteiger partial charge is 0.260 e. The predicted octanol–water partition coefficient (Wildman–Crippen LogP) is 3.44. The van der Waals surface area contributed by atoms with Gasteiger partial charge in [-0.2, -0.15) is 4.98 Å². The van der Waals surface area contributed by atoms with Crippen LogP contribution in [0.1, 0.15) is 46.9 Å². The summed E-state index contributed by atoms with van der Waals surface area (Å²) in [5, 5.41) is 12.0. The van der Waals surface area contributed by atoms with Crippen LogP contribution in [0.25, 0.3) is 0 Å². The number of aromatic nitrogens is 2. The number of amides is 4. The van der Waals surface area contributed by atoms with Crippen LogP contribution in [0.15, 0.2) is 66.9 Å². The molecule has 13 nitrogen and oxygen atoms in total. The Balaban J connectivity index is 1.43. The highest BCUT2D eigenvalue weighted by Gasteiger charge is 2.33. The number of carbonyl (C=O) groups is 4. The van der Waals surface area contributed by atoms with Gasteiger partial charge in [0.15, 0.2) is 0 Å². The Labute approximate surface area is 262 Å². The monoisotopic (exact) mass is 613 g/mol. The number of likely N-dealkylation sites (N-methyl/N-ethyl adjacent to an activating group) is 1. The van der Waals surface area contributed by atoms with Crippen molar-refractivity contribution in [2.75, 3.05) is 55.0 Å². The van der Waals surface area contributed by atoms with E-state index in [1.54, 1.807) is 59.5 Å². The van der Waals surface area contributed by atoms with E-state index < -0.39 is 17.9 Å². The van der Waals surface area contributed by atoms with Gasteiger partial charge < -0.3 is 36.8 Å². The molecule has 4 rings (SSSR count). The Bertz CT molecular complexity index is 1560. The molecular formula is C32H39N9O4. The van der Waals surface area contributed by atoms with E-state index in [2.05, 4.69) is 31.2 Å². The highest BCUT2D eigenvalue weighted by molar-refractivity contribution is 6.08. The third kappa shape index (κ3) is 9.10. The maximum atomic E-state index is 13.3. The molecule has 1 aliphatic heterocycles. The highest BCUT2D eigenvalue weighted by atomic mass is 16.2. The van der Waals surface area contributed by atoms with Crippen molar-refractivity contribution in [3.8, 4) is 0 Å². The summed E-state index contributed by atoms with van der Waals surface area (Å²) in [7, 11) is 3.83. The molecule has 1 aliphatic rings. The van der Waals surface area contributed by atoms with Crippen molar-refractivity contribution in [2.45, 2.75) is 32.2 Å². The molecule has 0 unspecified atom stereocenters. The molecule has 4 amide bonds. The van der Waals surface area contributed by atoms with Crippen molar-refractivity contribution >= 4 is 52.5 Å². The first-order chi connectivity index (χ1) is 21.6. The molecule has 6 N–H and O–H groups in total. The van der Waals surface area contributed by atoms with Crippen LogP contribution in [0, 0.1) is 0 Å². The molecule has 0 bridgehead atoms. The summed E-state index contributed by atoms with van der Waals surface area (Å²) in [6, 6.07) is 12.8. The normalized spacial score (nSPS) is 14.4. The van der Waals surface area contributed by atoms with Crippen molar-refractivity contribution in [1.29, 1.82) is 0 Å².